The lowest BCUT2D eigenvalue weighted by Gasteiger charge is -2.13. The number of ether oxygens (including phenoxy) is 1. The highest BCUT2D eigenvalue weighted by Crippen LogP contribution is 1.92. The Morgan fingerprint density at radius 1 is 1.50 bits per heavy atom. The fourth-order valence-electron chi connectivity index (χ4n) is 0.789. The van der Waals surface area contributed by atoms with E-state index >= 15 is 0 Å². The molecule has 0 heterocycles. The van der Waals surface area contributed by atoms with Crippen LogP contribution in [-0.4, -0.2) is 39.2 Å². The zero-order valence-corrected chi connectivity index (χ0v) is 8.63. The Kier molecular flexibility index (Phi) is 4.51. The Hall–Kier alpha value is -1.15. The molecule has 0 bridgehead atoms. The van der Waals surface area contributed by atoms with Crippen molar-refractivity contribution >= 4 is 21.9 Å². The molecule has 1 amide bonds. The summed E-state index contributed by atoms with van der Waals surface area (Å²) in [5.41, 5.74) is 0. The molecular weight excluding hydrogens is 212 g/mol. The van der Waals surface area contributed by atoms with E-state index in [0.717, 1.165) is 14.0 Å². The second kappa shape index (κ2) is 4.91. The molecule has 0 saturated heterocycles. The summed E-state index contributed by atoms with van der Waals surface area (Å²) in [4.78, 5) is 21.6. The molecule has 8 heteroatoms. The average Bonchev–Trinajstić information content (AvgIpc) is 1.98. The van der Waals surface area contributed by atoms with Crippen LogP contribution in [0.2, 0.25) is 0 Å². The third kappa shape index (κ3) is 5.49. The van der Waals surface area contributed by atoms with Crippen LogP contribution in [-0.2, 0) is 24.3 Å². The van der Waals surface area contributed by atoms with E-state index < -0.39 is 33.7 Å². The topological polar surface area (TPSA) is 116 Å². The summed E-state index contributed by atoms with van der Waals surface area (Å²) in [6.45, 7) is 1.15. The third-order valence-corrected chi connectivity index (χ3v) is 2.06. The number of amides is 1. The zero-order valence-electron chi connectivity index (χ0n) is 7.81. The van der Waals surface area contributed by atoms with Crippen molar-refractivity contribution in [2.75, 3.05) is 12.9 Å². The first-order valence-electron chi connectivity index (χ1n) is 3.61. The lowest BCUT2D eigenvalue weighted by Crippen LogP contribution is -2.46. The Labute approximate surface area is 81.7 Å². The first-order chi connectivity index (χ1) is 6.26. The van der Waals surface area contributed by atoms with Crippen molar-refractivity contribution < 1.29 is 22.7 Å². The second-order valence-electron chi connectivity index (χ2n) is 2.61. The van der Waals surface area contributed by atoms with Gasteiger partial charge in [-0.3, -0.25) is 4.79 Å². The monoisotopic (exact) mass is 224 g/mol. The molecule has 0 aromatic rings. The van der Waals surface area contributed by atoms with Gasteiger partial charge in [0.2, 0.25) is 15.9 Å². The summed E-state index contributed by atoms with van der Waals surface area (Å²) in [5, 5.41) is 6.83. The smallest absolute Gasteiger partial charge is 0.329 e. The standard InChI is InChI=1S/C6H12N2O5S/c1-4(9)8-5(6(10)13-2)3-14(7,11)12/h5H,3H2,1-2H3,(H,8,9)(H2,7,11,12)/t5-/m0/s1. The number of primary sulfonamides is 1. The van der Waals surface area contributed by atoms with Gasteiger partial charge >= 0.3 is 5.97 Å². The molecule has 0 radical (unpaired) electrons. The summed E-state index contributed by atoms with van der Waals surface area (Å²) in [6, 6.07) is -1.26. The molecule has 0 rings (SSSR count). The maximum absolute atomic E-state index is 11.0. The molecule has 0 aliphatic carbocycles. The number of carbonyl (C=O) groups is 2. The normalized spacial score (nSPS) is 13.1. The number of rotatable bonds is 4. The predicted molar refractivity (Wildman–Crippen MR) is 47.6 cm³/mol. The molecule has 82 valence electrons. The van der Waals surface area contributed by atoms with Crippen molar-refractivity contribution in [1.29, 1.82) is 0 Å². The van der Waals surface area contributed by atoms with Gasteiger partial charge in [-0.2, -0.15) is 0 Å². The largest absolute Gasteiger partial charge is 0.467 e. The minimum absolute atomic E-state index is 0.538. The van der Waals surface area contributed by atoms with Crippen LogP contribution in [0.5, 0.6) is 0 Å². The van der Waals surface area contributed by atoms with Crippen LogP contribution in [0.4, 0.5) is 0 Å². The summed E-state index contributed by atoms with van der Waals surface area (Å²) < 4.78 is 25.6. The van der Waals surface area contributed by atoms with Gasteiger partial charge in [0.15, 0.2) is 0 Å². The first kappa shape index (κ1) is 12.8. The average molecular weight is 224 g/mol. The molecule has 7 nitrogen and oxygen atoms in total. The maximum atomic E-state index is 11.0. The molecule has 3 N–H and O–H groups in total. The van der Waals surface area contributed by atoms with Gasteiger partial charge in [0.25, 0.3) is 0 Å². The SMILES string of the molecule is COC(=O)[C@H](CS(N)(=O)=O)NC(C)=O. The Morgan fingerprint density at radius 3 is 2.29 bits per heavy atom. The zero-order chi connectivity index (χ0) is 11.4. The van der Waals surface area contributed by atoms with Crippen molar-refractivity contribution in [3.05, 3.63) is 0 Å². The summed E-state index contributed by atoms with van der Waals surface area (Å²) >= 11 is 0. The van der Waals surface area contributed by atoms with Crippen LogP contribution in [0.3, 0.4) is 0 Å². The highest BCUT2D eigenvalue weighted by atomic mass is 32.2. The number of hydrogen-bond acceptors (Lipinski definition) is 5. The molecule has 0 saturated carbocycles. The van der Waals surface area contributed by atoms with E-state index in [2.05, 4.69) is 10.1 Å². The summed E-state index contributed by atoms with van der Waals surface area (Å²) in [6.07, 6.45) is 0. The van der Waals surface area contributed by atoms with Gasteiger partial charge < -0.3 is 10.1 Å². The van der Waals surface area contributed by atoms with Crippen LogP contribution in [0.15, 0.2) is 0 Å². The molecule has 14 heavy (non-hydrogen) atoms. The van der Waals surface area contributed by atoms with E-state index in [1.807, 2.05) is 0 Å². The van der Waals surface area contributed by atoms with Crippen LogP contribution >= 0.6 is 0 Å². The lowest BCUT2D eigenvalue weighted by molar-refractivity contribution is -0.144. The van der Waals surface area contributed by atoms with E-state index in [9.17, 15) is 18.0 Å². The summed E-state index contributed by atoms with van der Waals surface area (Å²) in [5.74, 6) is -2.07. The molecule has 0 unspecified atom stereocenters. The Morgan fingerprint density at radius 2 is 2.00 bits per heavy atom. The van der Waals surface area contributed by atoms with Gasteiger partial charge in [-0.05, 0) is 0 Å². The fourth-order valence-corrected chi connectivity index (χ4v) is 1.47. The Bertz CT molecular complexity index is 323. The molecule has 0 aliphatic rings. The first-order valence-corrected chi connectivity index (χ1v) is 5.33. The van der Waals surface area contributed by atoms with Crippen LogP contribution in [0.25, 0.3) is 0 Å². The van der Waals surface area contributed by atoms with Crippen molar-refractivity contribution in [1.82, 2.24) is 5.32 Å². The van der Waals surface area contributed by atoms with E-state index in [0.29, 0.717) is 0 Å². The maximum Gasteiger partial charge on any atom is 0.329 e. The van der Waals surface area contributed by atoms with Gasteiger partial charge in [-0.15, -0.1) is 0 Å². The van der Waals surface area contributed by atoms with E-state index in [4.69, 9.17) is 5.14 Å². The highest BCUT2D eigenvalue weighted by molar-refractivity contribution is 7.89. The summed E-state index contributed by atoms with van der Waals surface area (Å²) in [7, 11) is -2.76. The second-order valence-corrected chi connectivity index (χ2v) is 4.26. The lowest BCUT2D eigenvalue weighted by atomic mass is 10.3. The van der Waals surface area contributed by atoms with Crippen LogP contribution < -0.4 is 10.5 Å². The quantitative estimate of drug-likeness (QED) is 0.533. The van der Waals surface area contributed by atoms with Crippen LogP contribution in [0, 0.1) is 0 Å². The van der Waals surface area contributed by atoms with Crippen molar-refractivity contribution in [2.45, 2.75) is 13.0 Å². The van der Waals surface area contributed by atoms with Crippen molar-refractivity contribution in [2.24, 2.45) is 5.14 Å². The third-order valence-electron chi connectivity index (χ3n) is 1.26. The van der Waals surface area contributed by atoms with Gasteiger partial charge in [0, 0.05) is 6.92 Å². The van der Waals surface area contributed by atoms with Gasteiger partial charge in [0.1, 0.15) is 6.04 Å². The Balaban J connectivity index is 4.56. The number of sulfonamides is 1. The number of nitrogens with two attached hydrogens (primary N) is 1. The molecule has 0 aliphatic heterocycles. The van der Waals surface area contributed by atoms with E-state index in [-0.39, 0.29) is 0 Å². The van der Waals surface area contributed by atoms with Gasteiger partial charge in [-0.25, -0.2) is 18.4 Å². The fraction of sp³-hybridized carbons (Fsp3) is 0.667. The predicted octanol–water partition coefficient (Wildman–Crippen LogP) is -2.05. The molecular formula is C6H12N2O5S. The number of methoxy groups -OCH3 is 1. The number of hydrogen-bond donors (Lipinski definition) is 2. The molecule has 0 spiro atoms. The van der Waals surface area contributed by atoms with E-state index in [1.165, 1.54) is 0 Å². The minimum atomic E-state index is -3.84. The van der Waals surface area contributed by atoms with E-state index in [1.54, 1.807) is 0 Å². The number of carbonyl (C=O) groups excluding carboxylic acids is 2. The highest BCUT2D eigenvalue weighted by Gasteiger charge is 2.24. The number of esters is 1. The molecule has 0 fully saturated rings. The molecule has 0 aromatic carbocycles. The van der Waals surface area contributed by atoms with Crippen molar-refractivity contribution in [3.8, 4) is 0 Å². The van der Waals surface area contributed by atoms with Gasteiger partial charge in [-0.1, -0.05) is 0 Å². The van der Waals surface area contributed by atoms with Crippen molar-refractivity contribution in [3.63, 3.8) is 0 Å². The minimum Gasteiger partial charge on any atom is -0.467 e. The molecule has 0 aromatic heterocycles. The van der Waals surface area contributed by atoms with Gasteiger partial charge in [0.05, 0.1) is 12.9 Å². The molecule has 1 atom stereocenters. The number of nitrogens with one attached hydrogen (secondary N) is 1. The van der Waals surface area contributed by atoms with Crippen LogP contribution in [0.1, 0.15) is 6.92 Å².